The molecule has 0 bridgehead atoms. The molecule has 6 nitrogen and oxygen atoms in total. The number of methoxy groups -OCH3 is 1. The highest BCUT2D eigenvalue weighted by atomic mass is 79.9. The summed E-state index contributed by atoms with van der Waals surface area (Å²) in [6.45, 7) is 0.249. The number of pyridine rings is 1. The second kappa shape index (κ2) is 10.2. The molecule has 0 aliphatic heterocycles. The van der Waals surface area contributed by atoms with Crippen molar-refractivity contribution in [1.29, 1.82) is 0 Å². The molecule has 1 atom stereocenters. The van der Waals surface area contributed by atoms with E-state index in [1.165, 1.54) is 19.4 Å². The summed E-state index contributed by atoms with van der Waals surface area (Å²) in [7, 11) is 1.48. The summed E-state index contributed by atoms with van der Waals surface area (Å²) < 4.78 is 5.66. The number of hydrogen-bond acceptors (Lipinski definition) is 4. The van der Waals surface area contributed by atoms with Crippen molar-refractivity contribution in [3.05, 3.63) is 27.1 Å². The second-order valence-electron chi connectivity index (χ2n) is 3.41. The molecule has 19 heavy (non-hydrogen) atoms. The first-order chi connectivity index (χ1) is 8.06. The fourth-order valence-electron chi connectivity index (χ4n) is 1.22. The lowest BCUT2D eigenvalue weighted by Gasteiger charge is -2.12. The van der Waals surface area contributed by atoms with Gasteiger partial charge in [-0.05, 0) is 22.0 Å². The molecule has 0 saturated carbocycles. The van der Waals surface area contributed by atoms with Gasteiger partial charge in [-0.1, -0.05) is 0 Å². The van der Waals surface area contributed by atoms with Crippen LogP contribution in [0.2, 0.25) is 0 Å². The number of nitrogens with one attached hydrogen (secondary N) is 2. The molecule has 0 aliphatic rings. The van der Waals surface area contributed by atoms with Gasteiger partial charge in [-0.3, -0.25) is 9.59 Å². The van der Waals surface area contributed by atoms with E-state index in [4.69, 9.17) is 10.5 Å². The van der Waals surface area contributed by atoms with Crippen LogP contribution in [0.25, 0.3) is 0 Å². The molecule has 0 aromatic carbocycles. The van der Waals surface area contributed by atoms with E-state index >= 15 is 0 Å². The van der Waals surface area contributed by atoms with Gasteiger partial charge in [0.2, 0.25) is 5.91 Å². The molecule has 0 saturated heterocycles. The molecule has 1 heterocycles. The first-order valence-electron chi connectivity index (χ1n) is 4.97. The standard InChI is InChI=1S/C10H14BrN3O3.2ClH/c1-17-7(4-12)3-9(15)14-8-2-6(11)5-13-10(8)16;;/h2,5,7H,3-4,12H2,1H3,(H,13,16)(H,14,15);2*1H. The highest BCUT2D eigenvalue weighted by Crippen LogP contribution is 2.10. The number of carbonyl (C=O) groups excluding carboxylic acids is 1. The van der Waals surface area contributed by atoms with Gasteiger partial charge in [-0.25, -0.2) is 0 Å². The molecule has 1 unspecified atom stereocenters. The summed E-state index contributed by atoms with van der Waals surface area (Å²) in [6, 6.07) is 1.53. The third kappa shape index (κ3) is 6.93. The highest BCUT2D eigenvalue weighted by Gasteiger charge is 2.12. The van der Waals surface area contributed by atoms with Crippen LogP contribution >= 0.6 is 40.7 Å². The van der Waals surface area contributed by atoms with Crippen molar-refractivity contribution in [2.75, 3.05) is 19.0 Å². The molecule has 110 valence electrons. The smallest absolute Gasteiger partial charge is 0.271 e. The van der Waals surface area contributed by atoms with Crippen LogP contribution in [0.4, 0.5) is 5.69 Å². The average molecular weight is 377 g/mol. The SMILES string of the molecule is COC(CN)CC(=O)Nc1cc(Br)c[nH]c1=O.Cl.Cl. The Morgan fingerprint density at radius 2 is 2.21 bits per heavy atom. The Hall–Kier alpha value is -0.600. The minimum absolute atomic E-state index is 0. The van der Waals surface area contributed by atoms with E-state index in [-0.39, 0.29) is 61.0 Å². The van der Waals surface area contributed by atoms with Gasteiger partial charge in [-0.15, -0.1) is 24.8 Å². The predicted octanol–water partition coefficient (Wildman–Crippen LogP) is 1.28. The topological polar surface area (TPSA) is 97.2 Å². The molecule has 1 rings (SSSR count). The minimum atomic E-state index is -0.358. The Balaban J connectivity index is 0. The number of aromatic nitrogens is 1. The monoisotopic (exact) mass is 375 g/mol. The van der Waals surface area contributed by atoms with Crippen LogP contribution < -0.4 is 16.6 Å². The maximum Gasteiger partial charge on any atom is 0.271 e. The molecule has 9 heteroatoms. The summed E-state index contributed by atoms with van der Waals surface area (Å²) in [5.74, 6) is -0.314. The van der Waals surface area contributed by atoms with Gasteiger partial charge in [0.05, 0.1) is 12.5 Å². The van der Waals surface area contributed by atoms with Crippen LogP contribution in [0.1, 0.15) is 6.42 Å². The Morgan fingerprint density at radius 3 is 2.74 bits per heavy atom. The van der Waals surface area contributed by atoms with Gasteiger partial charge < -0.3 is 20.8 Å². The largest absolute Gasteiger partial charge is 0.380 e. The van der Waals surface area contributed by atoms with E-state index < -0.39 is 0 Å². The quantitative estimate of drug-likeness (QED) is 0.721. The molecule has 1 amide bonds. The zero-order chi connectivity index (χ0) is 12.8. The molecule has 0 spiro atoms. The van der Waals surface area contributed by atoms with Gasteiger partial charge in [0.15, 0.2) is 0 Å². The number of H-pyrrole nitrogens is 1. The first-order valence-corrected chi connectivity index (χ1v) is 5.77. The molecule has 0 fully saturated rings. The third-order valence-corrected chi connectivity index (χ3v) is 2.61. The minimum Gasteiger partial charge on any atom is -0.380 e. The zero-order valence-electron chi connectivity index (χ0n) is 10.1. The van der Waals surface area contributed by atoms with Crippen LogP contribution in [-0.4, -0.2) is 30.6 Å². The Labute approximate surface area is 131 Å². The molecular weight excluding hydrogens is 361 g/mol. The van der Waals surface area contributed by atoms with E-state index in [0.717, 1.165) is 0 Å². The number of ether oxygens (including phenoxy) is 1. The summed E-state index contributed by atoms with van der Waals surface area (Å²) in [4.78, 5) is 25.5. The third-order valence-electron chi connectivity index (χ3n) is 2.15. The van der Waals surface area contributed by atoms with Crippen molar-refractivity contribution in [1.82, 2.24) is 4.98 Å². The normalized spacial score (nSPS) is 10.9. The molecule has 1 aromatic rings. The Kier molecular flexibility index (Phi) is 11.1. The van der Waals surface area contributed by atoms with Crippen molar-refractivity contribution in [2.24, 2.45) is 5.73 Å². The lowest BCUT2D eigenvalue weighted by molar-refractivity contribution is -0.118. The Morgan fingerprint density at radius 1 is 1.58 bits per heavy atom. The van der Waals surface area contributed by atoms with Crippen LogP contribution in [-0.2, 0) is 9.53 Å². The van der Waals surface area contributed by atoms with Crippen molar-refractivity contribution in [2.45, 2.75) is 12.5 Å². The average Bonchev–Trinajstić information content (AvgIpc) is 2.31. The van der Waals surface area contributed by atoms with E-state index in [0.29, 0.717) is 4.47 Å². The summed E-state index contributed by atoms with van der Waals surface area (Å²) in [5, 5.41) is 2.50. The number of amides is 1. The number of hydrogen-bond donors (Lipinski definition) is 3. The number of halogens is 3. The Bertz CT molecular complexity index is 452. The predicted molar refractivity (Wildman–Crippen MR) is 82.4 cm³/mol. The number of aromatic amines is 1. The van der Waals surface area contributed by atoms with E-state index in [1.54, 1.807) is 0 Å². The van der Waals surface area contributed by atoms with Gasteiger partial charge in [0.1, 0.15) is 5.69 Å². The van der Waals surface area contributed by atoms with E-state index in [9.17, 15) is 9.59 Å². The van der Waals surface area contributed by atoms with Crippen molar-refractivity contribution in [3.8, 4) is 0 Å². The van der Waals surface area contributed by atoms with Crippen molar-refractivity contribution < 1.29 is 9.53 Å². The molecule has 0 aliphatic carbocycles. The lowest BCUT2D eigenvalue weighted by atomic mass is 10.2. The van der Waals surface area contributed by atoms with Crippen LogP contribution in [0.15, 0.2) is 21.5 Å². The van der Waals surface area contributed by atoms with Gasteiger partial charge in [0, 0.05) is 24.3 Å². The van der Waals surface area contributed by atoms with Gasteiger partial charge in [0.25, 0.3) is 5.56 Å². The second-order valence-corrected chi connectivity index (χ2v) is 4.32. The number of anilines is 1. The fraction of sp³-hybridized carbons (Fsp3) is 0.400. The highest BCUT2D eigenvalue weighted by molar-refractivity contribution is 9.10. The maximum absolute atomic E-state index is 11.6. The number of rotatable bonds is 5. The maximum atomic E-state index is 11.6. The summed E-state index contributed by atoms with van der Waals surface area (Å²) >= 11 is 3.20. The number of nitrogens with two attached hydrogens (primary N) is 1. The summed E-state index contributed by atoms with van der Waals surface area (Å²) in [6.07, 6.45) is 1.26. The van der Waals surface area contributed by atoms with Gasteiger partial charge >= 0.3 is 0 Å². The molecular formula is C10H16BrCl2N3O3. The van der Waals surface area contributed by atoms with E-state index in [2.05, 4.69) is 26.2 Å². The number of carbonyl (C=O) groups is 1. The van der Waals surface area contributed by atoms with Crippen molar-refractivity contribution in [3.63, 3.8) is 0 Å². The first kappa shape index (κ1) is 20.7. The lowest BCUT2D eigenvalue weighted by Crippen LogP contribution is -2.29. The molecule has 4 N–H and O–H groups in total. The van der Waals surface area contributed by atoms with E-state index in [1.807, 2.05) is 0 Å². The molecule has 1 aromatic heterocycles. The van der Waals surface area contributed by atoms with Crippen LogP contribution in [0.3, 0.4) is 0 Å². The van der Waals surface area contributed by atoms with Crippen LogP contribution in [0, 0.1) is 0 Å². The van der Waals surface area contributed by atoms with Crippen LogP contribution in [0.5, 0.6) is 0 Å². The summed E-state index contributed by atoms with van der Waals surface area (Å²) in [5.41, 5.74) is 5.23. The fourth-order valence-corrected chi connectivity index (χ4v) is 1.56. The van der Waals surface area contributed by atoms with Crippen molar-refractivity contribution >= 4 is 52.3 Å². The zero-order valence-corrected chi connectivity index (χ0v) is 13.4. The van der Waals surface area contributed by atoms with Gasteiger partial charge in [-0.2, -0.15) is 0 Å². The molecule has 0 radical (unpaired) electrons.